The van der Waals surface area contributed by atoms with Crippen molar-refractivity contribution in [3.05, 3.63) is 30.1 Å². The van der Waals surface area contributed by atoms with E-state index in [0.717, 1.165) is 64.2 Å². The van der Waals surface area contributed by atoms with Crippen LogP contribution in [-0.2, 0) is 9.53 Å². The molecule has 2 saturated heterocycles. The molecule has 6 nitrogen and oxygen atoms in total. The lowest BCUT2D eigenvalue weighted by Gasteiger charge is -2.41. The third kappa shape index (κ3) is 5.93. The van der Waals surface area contributed by atoms with Crippen molar-refractivity contribution < 1.29 is 13.9 Å². The van der Waals surface area contributed by atoms with Gasteiger partial charge in [-0.1, -0.05) is 12.8 Å². The zero-order valence-corrected chi connectivity index (χ0v) is 18.8. The zero-order chi connectivity index (χ0) is 21.6. The van der Waals surface area contributed by atoms with Crippen molar-refractivity contribution in [3.63, 3.8) is 0 Å². The summed E-state index contributed by atoms with van der Waals surface area (Å²) >= 11 is 5.56. The van der Waals surface area contributed by atoms with Gasteiger partial charge >= 0.3 is 0 Å². The highest BCUT2D eigenvalue weighted by molar-refractivity contribution is 7.80. The fourth-order valence-corrected chi connectivity index (χ4v) is 5.31. The first-order valence-electron chi connectivity index (χ1n) is 11.5. The fraction of sp³-hybridized carbons (Fsp3) is 0.652. The minimum atomic E-state index is -0.263. The van der Waals surface area contributed by atoms with E-state index in [-0.39, 0.29) is 23.9 Å². The van der Waals surface area contributed by atoms with Gasteiger partial charge in [-0.05, 0) is 68.1 Å². The predicted molar refractivity (Wildman–Crippen MR) is 123 cm³/mol. The number of hydrogen-bond donors (Lipinski definition) is 2. The highest BCUT2D eigenvalue weighted by atomic mass is 32.1. The van der Waals surface area contributed by atoms with Crippen LogP contribution in [0, 0.1) is 11.7 Å². The SMILES string of the molecule is O=C(NC[C@@H]1CCCO1)[C@@H](C1CCCC1)N1CCN(C(=S)Nc2ccc(F)cc2)CC1. The molecule has 2 heterocycles. The van der Waals surface area contributed by atoms with Crippen molar-refractivity contribution >= 4 is 28.9 Å². The first kappa shape index (κ1) is 22.4. The Bertz CT molecular complexity index is 742. The summed E-state index contributed by atoms with van der Waals surface area (Å²) in [6, 6.07) is 6.15. The van der Waals surface area contributed by atoms with E-state index in [1.807, 2.05) is 0 Å². The molecule has 4 rings (SSSR count). The number of anilines is 1. The second-order valence-corrected chi connectivity index (χ2v) is 9.22. The van der Waals surface area contributed by atoms with Crippen molar-refractivity contribution in [2.45, 2.75) is 50.7 Å². The Morgan fingerprint density at radius 2 is 1.81 bits per heavy atom. The second kappa shape index (κ2) is 10.7. The van der Waals surface area contributed by atoms with E-state index in [4.69, 9.17) is 17.0 Å². The van der Waals surface area contributed by atoms with Gasteiger partial charge in [0.05, 0.1) is 12.1 Å². The minimum Gasteiger partial charge on any atom is -0.376 e. The van der Waals surface area contributed by atoms with Gasteiger partial charge in [0.15, 0.2) is 5.11 Å². The maximum Gasteiger partial charge on any atom is 0.237 e. The maximum atomic E-state index is 13.2. The largest absolute Gasteiger partial charge is 0.376 e. The Hall–Kier alpha value is -1.77. The highest BCUT2D eigenvalue weighted by Crippen LogP contribution is 2.31. The highest BCUT2D eigenvalue weighted by Gasteiger charge is 2.37. The van der Waals surface area contributed by atoms with Crippen molar-refractivity contribution in [3.8, 4) is 0 Å². The van der Waals surface area contributed by atoms with Crippen LogP contribution < -0.4 is 10.6 Å². The molecule has 8 heteroatoms. The number of piperazine rings is 1. The van der Waals surface area contributed by atoms with Gasteiger partial charge in [-0.15, -0.1) is 0 Å². The van der Waals surface area contributed by atoms with Crippen LogP contribution in [0.2, 0.25) is 0 Å². The smallest absolute Gasteiger partial charge is 0.237 e. The van der Waals surface area contributed by atoms with E-state index in [9.17, 15) is 9.18 Å². The summed E-state index contributed by atoms with van der Waals surface area (Å²) in [5.74, 6) is 0.323. The number of ether oxygens (including phenoxy) is 1. The van der Waals surface area contributed by atoms with E-state index in [1.165, 1.54) is 25.0 Å². The Morgan fingerprint density at radius 3 is 2.45 bits per heavy atom. The number of thiocarbonyl (C=S) groups is 1. The van der Waals surface area contributed by atoms with Crippen LogP contribution in [0.3, 0.4) is 0 Å². The summed E-state index contributed by atoms with van der Waals surface area (Å²) in [5.41, 5.74) is 0.783. The number of nitrogens with zero attached hydrogens (tertiary/aromatic N) is 2. The number of halogens is 1. The molecular weight excluding hydrogens is 415 g/mol. The van der Waals surface area contributed by atoms with E-state index < -0.39 is 0 Å². The van der Waals surface area contributed by atoms with Gasteiger partial charge in [0, 0.05) is 45.0 Å². The Kier molecular flexibility index (Phi) is 7.74. The number of carbonyl (C=O) groups is 1. The average molecular weight is 449 g/mol. The number of carbonyl (C=O) groups excluding carboxylic acids is 1. The number of rotatable bonds is 6. The topological polar surface area (TPSA) is 56.8 Å². The number of hydrogen-bond acceptors (Lipinski definition) is 4. The van der Waals surface area contributed by atoms with Crippen molar-refractivity contribution in [1.82, 2.24) is 15.1 Å². The van der Waals surface area contributed by atoms with E-state index >= 15 is 0 Å². The standard InChI is InChI=1S/C23H33FN4O2S/c24-18-7-9-19(10-8-18)26-23(31)28-13-11-27(12-14-28)21(17-4-1-2-5-17)22(29)25-16-20-6-3-15-30-20/h7-10,17,20-21H,1-6,11-16H2,(H,25,29)(H,26,31)/t20-,21+/m0/s1. The molecule has 1 amide bonds. The van der Waals surface area contributed by atoms with Crippen LogP contribution in [0.15, 0.2) is 24.3 Å². The van der Waals surface area contributed by atoms with E-state index in [0.29, 0.717) is 17.6 Å². The molecule has 3 fully saturated rings. The normalized spacial score (nSPS) is 23.6. The summed E-state index contributed by atoms with van der Waals surface area (Å²) < 4.78 is 18.8. The molecule has 3 aliphatic rings. The molecule has 0 aromatic heterocycles. The minimum absolute atomic E-state index is 0.0651. The van der Waals surface area contributed by atoms with Gasteiger partial charge in [-0.2, -0.15) is 0 Å². The first-order chi connectivity index (χ1) is 15.1. The molecule has 170 valence electrons. The molecule has 2 N–H and O–H groups in total. The van der Waals surface area contributed by atoms with Crippen LogP contribution >= 0.6 is 12.2 Å². The number of benzene rings is 1. The molecule has 31 heavy (non-hydrogen) atoms. The second-order valence-electron chi connectivity index (χ2n) is 8.83. The van der Waals surface area contributed by atoms with Gasteiger partial charge in [0.2, 0.25) is 5.91 Å². The Balaban J connectivity index is 1.31. The average Bonchev–Trinajstić information content (AvgIpc) is 3.49. The molecule has 1 saturated carbocycles. The van der Waals surface area contributed by atoms with Gasteiger partial charge in [0.25, 0.3) is 0 Å². The number of amides is 1. The molecule has 0 radical (unpaired) electrons. The molecule has 2 aliphatic heterocycles. The van der Waals surface area contributed by atoms with Gasteiger partial charge in [-0.3, -0.25) is 9.69 Å². The molecule has 1 aromatic rings. The maximum absolute atomic E-state index is 13.2. The third-order valence-corrected chi connectivity index (χ3v) is 7.09. The van der Waals surface area contributed by atoms with E-state index in [2.05, 4.69) is 20.4 Å². The fourth-order valence-electron chi connectivity index (χ4n) is 5.01. The molecule has 1 aromatic carbocycles. The lowest BCUT2D eigenvalue weighted by Crippen LogP contribution is -2.58. The van der Waals surface area contributed by atoms with Crippen LogP contribution in [0.1, 0.15) is 38.5 Å². The predicted octanol–water partition coefficient (Wildman–Crippen LogP) is 2.99. The van der Waals surface area contributed by atoms with Gasteiger partial charge in [0.1, 0.15) is 5.82 Å². The van der Waals surface area contributed by atoms with Crippen molar-refractivity contribution in [2.75, 3.05) is 44.6 Å². The lowest BCUT2D eigenvalue weighted by atomic mass is 9.95. The zero-order valence-electron chi connectivity index (χ0n) is 18.0. The Labute approximate surface area is 189 Å². The van der Waals surface area contributed by atoms with Crippen LogP contribution in [0.5, 0.6) is 0 Å². The van der Waals surface area contributed by atoms with Crippen LogP contribution in [-0.4, -0.2) is 72.3 Å². The molecule has 0 spiro atoms. The summed E-state index contributed by atoms with van der Waals surface area (Å²) in [6.07, 6.45) is 6.97. The summed E-state index contributed by atoms with van der Waals surface area (Å²) in [6.45, 7) is 4.58. The van der Waals surface area contributed by atoms with Crippen LogP contribution in [0.4, 0.5) is 10.1 Å². The molecule has 0 unspecified atom stereocenters. The summed E-state index contributed by atoms with van der Waals surface area (Å²) in [5, 5.41) is 7.02. The van der Waals surface area contributed by atoms with Crippen LogP contribution in [0.25, 0.3) is 0 Å². The third-order valence-electron chi connectivity index (χ3n) is 6.73. The quantitative estimate of drug-likeness (QED) is 0.653. The van der Waals surface area contributed by atoms with E-state index in [1.54, 1.807) is 12.1 Å². The molecule has 0 bridgehead atoms. The molecular formula is C23H33FN4O2S. The summed E-state index contributed by atoms with van der Waals surface area (Å²) in [7, 11) is 0. The Morgan fingerprint density at radius 1 is 1.10 bits per heavy atom. The summed E-state index contributed by atoms with van der Waals surface area (Å²) in [4.78, 5) is 17.7. The molecule has 1 aliphatic carbocycles. The van der Waals surface area contributed by atoms with Crippen molar-refractivity contribution in [1.29, 1.82) is 0 Å². The monoisotopic (exact) mass is 448 g/mol. The van der Waals surface area contributed by atoms with Gasteiger partial charge < -0.3 is 20.3 Å². The lowest BCUT2D eigenvalue weighted by molar-refractivity contribution is -0.129. The first-order valence-corrected chi connectivity index (χ1v) is 12.0. The molecule has 2 atom stereocenters. The van der Waals surface area contributed by atoms with Gasteiger partial charge in [-0.25, -0.2) is 4.39 Å². The number of nitrogens with one attached hydrogen (secondary N) is 2. The van der Waals surface area contributed by atoms with Crippen molar-refractivity contribution in [2.24, 2.45) is 5.92 Å².